The van der Waals surface area contributed by atoms with E-state index in [1.54, 1.807) is 18.2 Å². The van der Waals surface area contributed by atoms with E-state index in [4.69, 9.17) is 4.42 Å². The molecule has 0 saturated carbocycles. The number of nitrogens with zero attached hydrogens (tertiary/aromatic N) is 2. The molecule has 0 unspecified atom stereocenters. The highest BCUT2D eigenvalue weighted by atomic mass is 32.2. The largest absolute Gasteiger partial charge is 0.481 e. The highest BCUT2D eigenvalue weighted by molar-refractivity contribution is 7.86. The highest BCUT2D eigenvalue weighted by Gasteiger charge is 2.25. The van der Waals surface area contributed by atoms with Crippen LogP contribution in [0.25, 0.3) is 33.4 Å². The van der Waals surface area contributed by atoms with Crippen LogP contribution in [0.5, 0.6) is 0 Å². The Hall–Kier alpha value is -5.25. The number of benzene rings is 5. The van der Waals surface area contributed by atoms with Gasteiger partial charge >= 0.3 is 5.97 Å². The van der Waals surface area contributed by atoms with Gasteiger partial charge in [-0.25, -0.2) is 0 Å². The molecule has 8 nitrogen and oxygen atoms in total. The summed E-state index contributed by atoms with van der Waals surface area (Å²) in [4.78, 5) is 13.5. The lowest BCUT2D eigenvalue weighted by Gasteiger charge is -2.26. The number of fused-ring (bicyclic) bond motifs is 2. The first-order valence-electron chi connectivity index (χ1n) is 17.0. The minimum Gasteiger partial charge on any atom is -0.481 e. The van der Waals surface area contributed by atoms with Gasteiger partial charge in [-0.05, 0) is 55.7 Å². The minimum atomic E-state index is -4.57. The summed E-state index contributed by atoms with van der Waals surface area (Å²) in [7, 11) is -4.57. The molecule has 1 heterocycles. The zero-order valence-corrected chi connectivity index (χ0v) is 29.3. The number of carbonyl (C=O) groups is 1. The average molecular weight is 690 g/mol. The van der Waals surface area contributed by atoms with Gasteiger partial charge in [0.25, 0.3) is 10.1 Å². The second-order valence-corrected chi connectivity index (χ2v) is 13.6. The van der Waals surface area contributed by atoms with Crippen molar-refractivity contribution in [1.29, 1.82) is 0 Å². The molecular formula is C41H41N2O6S+. The molecule has 0 spiro atoms. The van der Waals surface area contributed by atoms with Gasteiger partial charge in [-0.15, -0.1) is 0 Å². The van der Waals surface area contributed by atoms with Gasteiger partial charge in [0.2, 0.25) is 11.0 Å². The summed E-state index contributed by atoms with van der Waals surface area (Å²) in [6.07, 6.45) is 2.13. The lowest BCUT2D eigenvalue weighted by molar-refractivity contribution is -0.137. The number of aliphatic carboxylic acids is 1. The molecule has 4 aromatic rings. The van der Waals surface area contributed by atoms with Crippen molar-refractivity contribution in [3.63, 3.8) is 0 Å². The molecule has 1 aliphatic carbocycles. The summed E-state index contributed by atoms with van der Waals surface area (Å²) >= 11 is 0. The van der Waals surface area contributed by atoms with Crippen LogP contribution in [-0.4, -0.2) is 37.1 Å². The van der Waals surface area contributed by atoms with Gasteiger partial charge in [0, 0.05) is 70.2 Å². The summed E-state index contributed by atoms with van der Waals surface area (Å²) in [5.74, 6) is -0.337. The molecule has 1 aliphatic heterocycles. The van der Waals surface area contributed by atoms with Crippen LogP contribution >= 0.6 is 0 Å². The number of rotatable bonds is 12. The van der Waals surface area contributed by atoms with Crippen molar-refractivity contribution >= 4 is 44.1 Å². The van der Waals surface area contributed by atoms with E-state index in [1.165, 1.54) is 11.6 Å². The Morgan fingerprint density at radius 1 is 0.800 bits per heavy atom. The third-order valence-corrected chi connectivity index (χ3v) is 10.1. The Kier molecular flexibility index (Phi) is 10.2. The monoisotopic (exact) mass is 689 g/mol. The average Bonchev–Trinajstić information content (AvgIpc) is 3.12. The summed E-state index contributed by atoms with van der Waals surface area (Å²) in [5, 5.41) is 10.9. The van der Waals surface area contributed by atoms with Gasteiger partial charge in [0.05, 0.1) is 12.5 Å². The summed E-state index contributed by atoms with van der Waals surface area (Å²) in [5.41, 5.74) is 7.54. The first-order chi connectivity index (χ1) is 24.1. The number of para-hydroxylation sites is 2. The fourth-order valence-electron chi connectivity index (χ4n) is 6.81. The van der Waals surface area contributed by atoms with E-state index >= 15 is 0 Å². The highest BCUT2D eigenvalue weighted by Crippen LogP contribution is 2.43. The van der Waals surface area contributed by atoms with Crippen molar-refractivity contribution in [3.05, 3.63) is 126 Å². The molecule has 9 heteroatoms. The van der Waals surface area contributed by atoms with Crippen LogP contribution in [0.15, 0.2) is 119 Å². The molecule has 2 aliphatic rings. The maximum atomic E-state index is 12.7. The van der Waals surface area contributed by atoms with Crippen LogP contribution in [0.4, 0.5) is 17.1 Å². The van der Waals surface area contributed by atoms with Gasteiger partial charge in [-0.3, -0.25) is 9.35 Å². The lowest BCUT2D eigenvalue weighted by atomic mass is 9.93. The third-order valence-electron chi connectivity index (χ3n) is 9.16. The molecule has 2 N–H and O–H groups in total. The van der Waals surface area contributed by atoms with E-state index in [9.17, 15) is 22.9 Å². The van der Waals surface area contributed by atoms with E-state index in [0.29, 0.717) is 52.9 Å². The molecule has 256 valence electrons. The van der Waals surface area contributed by atoms with Crippen LogP contribution in [0, 0.1) is 0 Å². The Bertz CT molecular complexity index is 2340. The first kappa shape index (κ1) is 34.6. The number of hydrogen-bond acceptors (Lipinski definition) is 5. The Balaban J connectivity index is 1.68. The smallest absolute Gasteiger partial charge is 0.303 e. The van der Waals surface area contributed by atoms with Crippen LogP contribution in [0.1, 0.15) is 44.7 Å². The fraction of sp³-hybridized carbons (Fsp3) is 0.220. The van der Waals surface area contributed by atoms with Crippen molar-refractivity contribution in [1.82, 2.24) is 4.58 Å². The standard InChI is InChI=1S/C41H40N2O6S/c1-4-28-14-7-10-17-35(28)42(6-3)30-21-23-32-37(26-30)49-38-27-31(43(25-13-20-40(44)45)36-18-11-8-15-29(36)5-2)22-24-33(38)41(32)34-16-9-12-19-39(34)50(46,47)48/h7-12,14-19,21-24,26-27H,4-6,13,20,25H2,1-3H3,(H-,44,45,46,47,48)/p+1. The normalized spacial score (nSPS) is 12.3. The van der Waals surface area contributed by atoms with Gasteiger partial charge in [0.15, 0.2) is 0 Å². The van der Waals surface area contributed by atoms with Gasteiger partial charge < -0.3 is 14.4 Å². The zero-order valence-electron chi connectivity index (χ0n) is 28.5. The minimum absolute atomic E-state index is 0.0296. The van der Waals surface area contributed by atoms with Crippen LogP contribution < -0.4 is 14.8 Å². The molecule has 0 bridgehead atoms. The second kappa shape index (κ2) is 14.7. The number of carboxylic acids is 1. The van der Waals surface area contributed by atoms with Crippen molar-refractivity contribution in [2.45, 2.75) is 51.3 Å². The fourth-order valence-corrected chi connectivity index (χ4v) is 7.51. The van der Waals surface area contributed by atoms with Crippen LogP contribution in [0.2, 0.25) is 0 Å². The van der Waals surface area contributed by atoms with Crippen LogP contribution in [0.3, 0.4) is 0 Å². The number of carboxylic acid groups (broad SMARTS) is 1. The van der Waals surface area contributed by atoms with E-state index in [0.717, 1.165) is 40.8 Å². The van der Waals surface area contributed by atoms with E-state index in [1.807, 2.05) is 66.7 Å². The third kappa shape index (κ3) is 6.92. The molecule has 0 fully saturated rings. The van der Waals surface area contributed by atoms with Gasteiger partial charge in [0.1, 0.15) is 22.8 Å². The summed E-state index contributed by atoms with van der Waals surface area (Å²) < 4.78 is 44.5. The number of hydrogen-bond donors (Lipinski definition) is 2. The predicted octanol–water partition coefficient (Wildman–Crippen LogP) is 8.70. The molecular weight excluding hydrogens is 649 g/mol. The van der Waals surface area contributed by atoms with Crippen molar-refractivity contribution in [2.24, 2.45) is 0 Å². The quantitative estimate of drug-likeness (QED) is 0.0751. The van der Waals surface area contributed by atoms with E-state index in [2.05, 4.69) is 48.4 Å². The second-order valence-electron chi connectivity index (χ2n) is 12.2. The summed E-state index contributed by atoms with van der Waals surface area (Å²) in [6.45, 7) is 7.50. The summed E-state index contributed by atoms with van der Waals surface area (Å²) in [6, 6.07) is 34.5. The lowest BCUT2D eigenvalue weighted by Crippen LogP contribution is -2.28. The van der Waals surface area contributed by atoms with Crippen molar-refractivity contribution < 1.29 is 27.3 Å². The van der Waals surface area contributed by atoms with E-state index < -0.39 is 16.1 Å². The predicted molar refractivity (Wildman–Crippen MR) is 199 cm³/mol. The Morgan fingerprint density at radius 2 is 1.50 bits per heavy atom. The number of anilines is 2. The molecule has 0 amide bonds. The van der Waals surface area contributed by atoms with Gasteiger partial charge in [-0.2, -0.15) is 13.0 Å². The van der Waals surface area contributed by atoms with Crippen molar-refractivity contribution in [2.75, 3.05) is 18.0 Å². The van der Waals surface area contributed by atoms with Gasteiger partial charge in [-0.1, -0.05) is 68.4 Å². The van der Waals surface area contributed by atoms with Crippen LogP contribution in [-0.2, 0) is 27.8 Å². The first-order valence-corrected chi connectivity index (χ1v) is 18.4. The maximum Gasteiger partial charge on any atom is 0.303 e. The molecule has 0 aromatic heterocycles. The molecule has 50 heavy (non-hydrogen) atoms. The Morgan fingerprint density at radius 3 is 2.22 bits per heavy atom. The maximum absolute atomic E-state index is 12.7. The molecule has 4 aromatic carbocycles. The SMILES string of the molecule is CCc1ccccc1N(CC)c1ccc2c(-c3ccccc3S(=O)(=O)O)c3ccc(=[N+](CCCC(=O)O)c4ccccc4CC)cc-3oc2c1. The molecule has 0 atom stereocenters. The molecule has 0 radical (unpaired) electrons. The van der Waals surface area contributed by atoms with Crippen molar-refractivity contribution in [3.8, 4) is 22.5 Å². The molecule has 6 rings (SSSR count). The Labute approximate surface area is 292 Å². The topological polar surface area (TPSA) is 111 Å². The number of aryl methyl sites for hydroxylation is 2. The molecule has 0 saturated heterocycles. The zero-order chi connectivity index (χ0) is 35.4. The van der Waals surface area contributed by atoms with E-state index in [-0.39, 0.29) is 11.3 Å².